The Morgan fingerprint density at radius 3 is 2.59 bits per heavy atom. The molecule has 3 nitrogen and oxygen atoms in total. The van der Waals surface area contributed by atoms with Crippen LogP contribution in [0.2, 0.25) is 10.0 Å². The highest BCUT2D eigenvalue weighted by Gasteiger charge is 2.17. The van der Waals surface area contributed by atoms with E-state index >= 15 is 0 Å². The zero-order valence-electron chi connectivity index (χ0n) is 8.87. The molecule has 0 saturated heterocycles. The number of hydrogen-bond donors (Lipinski definition) is 0. The third-order valence-electron chi connectivity index (χ3n) is 2.25. The summed E-state index contributed by atoms with van der Waals surface area (Å²) in [6.07, 6.45) is 1.51. The number of carbonyl (C=O) groups excluding carboxylic acids is 1. The van der Waals surface area contributed by atoms with Crippen molar-refractivity contribution in [2.75, 3.05) is 7.11 Å². The van der Waals surface area contributed by atoms with Crippen molar-refractivity contribution in [3.63, 3.8) is 0 Å². The summed E-state index contributed by atoms with van der Waals surface area (Å²) < 4.78 is 9.93. The molecule has 0 aliphatic carbocycles. The Bertz CT molecular complexity index is 547. The second-order valence-corrected chi connectivity index (χ2v) is 4.10. The molecule has 5 heteroatoms. The Kier molecular flexibility index (Phi) is 3.41. The Hall–Kier alpha value is -1.45. The number of carbonyl (C=O) groups is 1. The lowest BCUT2D eigenvalue weighted by atomic mass is 10.1. The first kappa shape index (κ1) is 12.0. The average Bonchev–Trinajstić information content (AvgIpc) is 2.84. The predicted molar refractivity (Wildman–Crippen MR) is 65.5 cm³/mol. The molecular weight excluding hydrogens is 263 g/mol. The van der Waals surface area contributed by atoms with Gasteiger partial charge in [0, 0.05) is 5.56 Å². The van der Waals surface area contributed by atoms with E-state index in [4.69, 9.17) is 27.6 Å². The number of benzene rings is 1. The van der Waals surface area contributed by atoms with Crippen LogP contribution >= 0.6 is 23.2 Å². The normalized spacial score (nSPS) is 10.3. The molecule has 1 aromatic heterocycles. The molecule has 17 heavy (non-hydrogen) atoms. The molecule has 2 rings (SSSR count). The van der Waals surface area contributed by atoms with Crippen molar-refractivity contribution in [1.29, 1.82) is 0 Å². The summed E-state index contributed by atoms with van der Waals surface area (Å²) in [6, 6.07) is 6.49. The Morgan fingerprint density at radius 1 is 1.29 bits per heavy atom. The summed E-state index contributed by atoms with van der Waals surface area (Å²) in [7, 11) is 1.30. The van der Waals surface area contributed by atoms with Gasteiger partial charge in [-0.1, -0.05) is 23.2 Å². The lowest BCUT2D eigenvalue weighted by Gasteiger charge is -2.07. The second kappa shape index (κ2) is 4.82. The van der Waals surface area contributed by atoms with Crippen LogP contribution in [0.3, 0.4) is 0 Å². The van der Waals surface area contributed by atoms with Gasteiger partial charge in [-0.25, -0.2) is 4.79 Å². The number of ether oxygens (including phenoxy) is 1. The van der Waals surface area contributed by atoms with E-state index in [1.807, 2.05) is 0 Å². The highest BCUT2D eigenvalue weighted by Crippen LogP contribution is 2.32. The predicted octanol–water partition coefficient (Wildman–Crippen LogP) is 4.04. The molecule has 2 aromatic rings. The van der Waals surface area contributed by atoms with E-state index in [9.17, 15) is 4.79 Å². The average molecular weight is 271 g/mol. The Morgan fingerprint density at radius 2 is 2.00 bits per heavy atom. The Labute approximate surface area is 108 Å². The third kappa shape index (κ3) is 2.30. The van der Waals surface area contributed by atoms with Crippen molar-refractivity contribution in [3.8, 4) is 11.3 Å². The minimum absolute atomic E-state index is 0.294. The third-order valence-corrected chi connectivity index (χ3v) is 2.97. The van der Waals surface area contributed by atoms with Crippen LogP contribution in [-0.4, -0.2) is 13.1 Å². The molecule has 0 aliphatic rings. The number of halogens is 2. The second-order valence-electron chi connectivity index (χ2n) is 3.28. The van der Waals surface area contributed by atoms with Crippen LogP contribution < -0.4 is 0 Å². The van der Waals surface area contributed by atoms with Gasteiger partial charge in [0.2, 0.25) is 0 Å². The minimum atomic E-state index is -0.491. The summed E-state index contributed by atoms with van der Waals surface area (Å²) in [6.45, 7) is 0. The van der Waals surface area contributed by atoms with E-state index in [0.29, 0.717) is 26.9 Å². The molecule has 0 fully saturated rings. The quantitative estimate of drug-likeness (QED) is 0.774. The molecule has 88 valence electrons. The van der Waals surface area contributed by atoms with Crippen molar-refractivity contribution >= 4 is 29.2 Å². The van der Waals surface area contributed by atoms with Crippen molar-refractivity contribution in [1.82, 2.24) is 0 Å². The van der Waals surface area contributed by atoms with Crippen LogP contribution in [0.1, 0.15) is 10.4 Å². The minimum Gasteiger partial charge on any atom is -0.465 e. The van der Waals surface area contributed by atoms with Crippen LogP contribution in [0.25, 0.3) is 11.3 Å². The summed E-state index contributed by atoms with van der Waals surface area (Å²) in [5, 5.41) is 0.646. The maximum atomic E-state index is 11.6. The maximum absolute atomic E-state index is 11.6. The van der Waals surface area contributed by atoms with Gasteiger partial charge in [-0.2, -0.15) is 0 Å². The topological polar surface area (TPSA) is 39.4 Å². The highest BCUT2D eigenvalue weighted by atomic mass is 35.5. The number of furan rings is 1. The van der Waals surface area contributed by atoms with Gasteiger partial charge in [-0.15, -0.1) is 0 Å². The molecule has 0 bridgehead atoms. The van der Waals surface area contributed by atoms with Crippen molar-refractivity contribution in [3.05, 3.63) is 46.1 Å². The molecule has 0 aliphatic heterocycles. The summed E-state index contributed by atoms with van der Waals surface area (Å²) in [5.41, 5.74) is 0.869. The van der Waals surface area contributed by atoms with Crippen LogP contribution in [0.5, 0.6) is 0 Å². The van der Waals surface area contributed by atoms with Gasteiger partial charge in [0.15, 0.2) is 0 Å². The molecule has 0 N–H and O–H groups in total. The highest BCUT2D eigenvalue weighted by molar-refractivity contribution is 6.42. The summed E-state index contributed by atoms with van der Waals surface area (Å²) in [5.74, 6) is 0.0407. The summed E-state index contributed by atoms with van der Waals surface area (Å²) in [4.78, 5) is 11.6. The molecule has 0 atom stereocenters. The van der Waals surface area contributed by atoms with E-state index in [1.165, 1.54) is 19.4 Å². The Balaban J connectivity index is 2.64. The van der Waals surface area contributed by atoms with Gasteiger partial charge in [-0.3, -0.25) is 0 Å². The van der Waals surface area contributed by atoms with E-state index in [-0.39, 0.29) is 0 Å². The molecule has 0 unspecified atom stereocenters. The zero-order valence-corrected chi connectivity index (χ0v) is 10.4. The monoisotopic (exact) mass is 270 g/mol. The standard InChI is InChI=1S/C12H8Cl2O3/c1-16-12(15)8-6-10(14)9(13)5-7(8)11-3-2-4-17-11/h2-6H,1H3. The number of rotatable bonds is 2. The van der Waals surface area contributed by atoms with Gasteiger partial charge in [0.05, 0.1) is 29.0 Å². The first-order valence-electron chi connectivity index (χ1n) is 4.74. The SMILES string of the molecule is COC(=O)c1cc(Cl)c(Cl)cc1-c1ccco1. The maximum Gasteiger partial charge on any atom is 0.338 e. The van der Waals surface area contributed by atoms with E-state index in [0.717, 1.165) is 0 Å². The fraction of sp³-hybridized carbons (Fsp3) is 0.0833. The van der Waals surface area contributed by atoms with Gasteiger partial charge < -0.3 is 9.15 Å². The van der Waals surface area contributed by atoms with Gasteiger partial charge in [0.1, 0.15) is 5.76 Å². The first-order chi connectivity index (χ1) is 8.13. The van der Waals surface area contributed by atoms with Crippen LogP contribution in [-0.2, 0) is 4.74 Å². The molecule has 0 amide bonds. The van der Waals surface area contributed by atoms with E-state index in [2.05, 4.69) is 4.74 Å². The van der Waals surface area contributed by atoms with Crippen LogP contribution in [0.15, 0.2) is 34.9 Å². The fourth-order valence-corrected chi connectivity index (χ4v) is 1.79. The lowest BCUT2D eigenvalue weighted by molar-refractivity contribution is 0.0601. The fourth-order valence-electron chi connectivity index (χ4n) is 1.46. The smallest absolute Gasteiger partial charge is 0.338 e. The van der Waals surface area contributed by atoms with Gasteiger partial charge in [0.25, 0.3) is 0 Å². The molecule has 0 spiro atoms. The van der Waals surface area contributed by atoms with E-state index < -0.39 is 5.97 Å². The number of methoxy groups -OCH3 is 1. The van der Waals surface area contributed by atoms with E-state index in [1.54, 1.807) is 18.2 Å². The van der Waals surface area contributed by atoms with Gasteiger partial charge >= 0.3 is 5.97 Å². The number of esters is 1. The largest absolute Gasteiger partial charge is 0.465 e. The van der Waals surface area contributed by atoms with Crippen molar-refractivity contribution < 1.29 is 13.9 Å². The molecular formula is C12H8Cl2O3. The zero-order chi connectivity index (χ0) is 12.4. The molecule has 1 aromatic carbocycles. The van der Waals surface area contributed by atoms with Crippen LogP contribution in [0, 0.1) is 0 Å². The first-order valence-corrected chi connectivity index (χ1v) is 5.50. The summed E-state index contributed by atoms with van der Waals surface area (Å²) >= 11 is 11.8. The van der Waals surface area contributed by atoms with Crippen molar-refractivity contribution in [2.45, 2.75) is 0 Å². The van der Waals surface area contributed by atoms with Gasteiger partial charge in [-0.05, 0) is 24.3 Å². The molecule has 1 heterocycles. The van der Waals surface area contributed by atoms with Crippen LogP contribution in [0.4, 0.5) is 0 Å². The molecule has 0 radical (unpaired) electrons. The van der Waals surface area contributed by atoms with Crippen molar-refractivity contribution in [2.24, 2.45) is 0 Å². The lowest BCUT2D eigenvalue weighted by Crippen LogP contribution is -2.03. The number of hydrogen-bond acceptors (Lipinski definition) is 3. The molecule has 0 saturated carbocycles.